The molecule has 0 aromatic heterocycles. The summed E-state index contributed by atoms with van der Waals surface area (Å²) in [5.74, 6) is 0.672. The molecule has 1 aliphatic carbocycles. The van der Waals surface area contributed by atoms with E-state index in [-0.39, 0.29) is 11.5 Å². The smallest absolute Gasteiger partial charge is 0.0471 e. The van der Waals surface area contributed by atoms with Crippen molar-refractivity contribution >= 4 is 0 Å². The summed E-state index contributed by atoms with van der Waals surface area (Å²) in [6.45, 7) is 3.97. The SMILES string of the molecule is CC(N)C1(c2ccccc2C2CCOCC2)CC1. The van der Waals surface area contributed by atoms with Crippen molar-refractivity contribution in [3.8, 4) is 0 Å². The van der Waals surface area contributed by atoms with Gasteiger partial charge in [-0.3, -0.25) is 0 Å². The van der Waals surface area contributed by atoms with Crippen molar-refractivity contribution in [1.82, 2.24) is 0 Å². The van der Waals surface area contributed by atoms with E-state index in [0.29, 0.717) is 5.92 Å². The molecule has 2 heteroatoms. The molecule has 0 spiro atoms. The second-order valence-corrected chi connectivity index (χ2v) is 5.92. The van der Waals surface area contributed by atoms with Crippen LogP contribution in [-0.4, -0.2) is 19.3 Å². The van der Waals surface area contributed by atoms with Crippen LogP contribution in [0.25, 0.3) is 0 Å². The maximum Gasteiger partial charge on any atom is 0.0471 e. The second kappa shape index (κ2) is 4.67. The second-order valence-electron chi connectivity index (χ2n) is 5.92. The minimum absolute atomic E-state index is 0.262. The number of hydrogen-bond donors (Lipinski definition) is 1. The molecular weight excluding hydrogens is 222 g/mol. The first-order valence-corrected chi connectivity index (χ1v) is 7.17. The molecule has 3 rings (SSSR count). The molecule has 1 atom stereocenters. The highest BCUT2D eigenvalue weighted by molar-refractivity contribution is 5.42. The summed E-state index contributed by atoms with van der Waals surface area (Å²) >= 11 is 0. The molecule has 98 valence electrons. The fourth-order valence-electron chi connectivity index (χ4n) is 3.42. The van der Waals surface area contributed by atoms with Gasteiger partial charge in [0.15, 0.2) is 0 Å². The van der Waals surface area contributed by atoms with E-state index in [0.717, 1.165) is 26.1 Å². The van der Waals surface area contributed by atoms with E-state index >= 15 is 0 Å². The van der Waals surface area contributed by atoms with Crippen molar-refractivity contribution in [3.63, 3.8) is 0 Å². The molecule has 1 unspecified atom stereocenters. The third-order valence-electron chi connectivity index (χ3n) is 4.82. The van der Waals surface area contributed by atoms with E-state index in [1.807, 2.05) is 0 Å². The fourth-order valence-corrected chi connectivity index (χ4v) is 3.42. The number of nitrogens with two attached hydrogens (primary N) is 1. The number of hydrogen-bond acceptors (Lipinski definition) is 2. The first kappa shape index (κ1) is 12.2. The molecule has 1 saturated carbocycles. The summed E-state index contributed by atoms with van der Waals surface area (Å²) in [5, 5.41) is 0. The van der Waals surface area contributed by atoms with Gasteiger partial charge < -0.3 is 10.5 Å². The summed E-state index contributed by atoms with van der Waals surface area (Å²) in [6.07, 6.45) is 4.83. The Morgan fingerprint density at radius 2 is 1.89 bits per heavy atom. The molecule has 2 fully saturated rings. The Balaban J connectivity index is 1.95. The van der Waals surface area contributed by atoms with E-state index in [2.05, 4.69) is 31.2 Å². The van der Waals surface area contributed by atoms with Crippen molar-refractivity contribution in [1.29, 1.82) is 0 Å². The largest absolute Gasteiger partial charge is 0.381 e. The van der Waals surface area contributed by atoms with E-state index in [1.165, 1.54) is 24.0 Å². The van der Waals surface area contributed by atoms with Crippen LogP contribution in [0.15, 0.2) is 24.3 Å². The van der Waals surface area contributed by atoms with Gasteiger partial charge in [0.1, 0.15) is 0 Å². The van der Waals surface area contributed by atoms with Gasteiger partial charge in [0.25, 0.3) is 0 Å². The van der Waals surface area contributed by atoms with Crippen LogP contribution < -0.4 is 5.73 Å². The Morgan fingerprint density at radius 3 is 2.50 bits per heavy atom. The normalized spacial score (nSPS) is 24.8. The van der Waals surface area contributed by atoms with Gasteiger partial charge in [0.05, 0.1) is 0 Å². The molecule has 1 heterocycles. The molecule has 1 aromatic rings. The predicted octanol–water partition coefficient (Wildman–Crippen LogP) is 2.96. The fraction of sp³-hybridized carbons (Fsp3) is 0.625. The van der Waals surface area contributed by atoms with Crippen molar-refractivity contribution in [2.24, 2.45) is 5.73 Å². The monoisotopic (exact) mass is 245 g/mol. The molecule has 1 saturated heterocycles. The van der Waals surface area contributed by atoms with Crippen LogP contribution in [0.3, 0.4) is 0 Å². The summed E-state index contributed by atoms with van der Waals surface area (Å²) in [6, 6.07) is 9.22. The molecule has 2 aliphatic rings. The van der Waals surface area contributed by atoms with Crippen LogP contribution in [0, 0.1) is 0 Å². The van der Waals surface area contributed by atoms with Crippen LogP contribution in [0.4, 0.5) is 0 Å². The van der Waals surface area contributed by atoms with Crippen molar-refractivity contribution < 1.29 is 4.74 Å². The van der Waals surface area contributed by atoms with Crippen molar-refractivity contribution in [2.75, 3.05) is 13.2 Å². The zero-order chi connectivity index (χ0) is 12.6. The predicted molar refractivity (Wildman–Crippen MR) is 73.8 cm³/mol. The Morgan fingerprint density at radius 1 is 1.22 bits per heavy atom. The highest BCUT2D eigenvalue weighted by atomic mass is 16.5. The topological polar surface area (TPSA) is 35.2 Å². The van der Waals surface area contributed by atoms with Crippen LogP contribution in [0.1, 0.15) is 49.7 Å². The summed E-state index contributed by atoms with van der Waals surface area (Å²) in [4.78, 5) is 0. The summed E-state index contributed by atoms with van der Waals surface area (Å²) in [5.41, 5.74) is 9.57. The third-order valence-corrected chi connectivity index (χ3v) is 4.82. The zero-order valence-electron chi connectivity index (χ0n) is 11.2. The maximum absolute atomic E-state index is 6.24. The van der Waals surface area contributed by atoms with Gasteiger partial charge in [-0.25, -0.2) is 0 Å². The highest BCUT2D eigenvalue weighted by Gasteiger charge is 2.48. The van der Waals surface area contributed by atoms with Crippen LogP contribution in [-0.2, 0) is 10.2 Å². The summed E-state index contributed by atoms with van der Waals surface area (Å²) < 4.78 is 5.49. The van der Waals surface area contributed by atoms with E-state index in [4.69, 9.17) is 10.5 Å². The molecule has 0 radical (unpaired) electrons. The zero-order valence-corrected chi connectivity index (χ0v) is 11.2. The van der Waals surface area contributed by atoms with Gasteiger partial charge in [-0.05, 0) is 49.7 Å². The minimum Gasteiger partial charge on any atom is -0.381 e. The quantitative estimate of drug-likeness (QED) is 0.888. The first-order valence-electron chi connectivity index (χ1n) is 7.17. The average Bonchev–Trinajstić information content (AvgIpc) is 3.21. The Kier molecular flexibility index (Phi) is 3.16. The lowest BCUT2D eigenvalue weighted by Crippen LogP contribution is -2.33. The lowest BCUT2D eigenvalue weighted by atomic mass is 9.80. The maximum atomic E-state index is 6.24. The van der Waals surface area contributed by atoms with Gasteiger partial charge in [0.2, 0.25) is 0 Å². The summed E-state index contributed by atoms with van der Waals surface area (Å²) in [7, 11) is 0. The van der Waals surface area contributed by atoms with E-state index in [9.17, 15) is 0 Å². The lowest BCUT2D eigenvalue weighted by molar-refractivity contribution is 0.0850. The van der Waals surface area contributed by atoms with Crippen molar-refractivity contribution in [3.05, 3.63) is 35.4 Å². The van der Waals surface area contributed by atoms with Gasteiger partial charge in [0, 0.05) is 24.7 Å². The lowest BCUT2D eigenvalue weighted by Gasteiger charge is -2.29. The van der Waals surface area contributed by atoms with Gasteiger partial charge in [-0.2, -0.15) is 0 Å². The third kappa shape index (κ3) is 1.98. The average molecular weight is 245 g/mol. The molecule has 1 aliphatic heterocycles. The highest BCUT2D eigenvalue weighted by Crippen LogP contribution is 2.52. The van der Waals surface area contributed by atoms with Gasteiger partial charge in [-0.15, -0.1) is 0 Å². The number of rotatable bonds is 3. The first-order chi connectivity index (χ1) is 8.74. The molecule has 2 N–H and O–H groups in total. The van der Waals surface area contributed by atoms with Gasteiger partial charge in [-0.1, -0.05) is 24.3 Å². The molecule has 2 nitrogen and oxygen atoms in total. The number of ether oxygens (including phenoxy) is 1. The molecule has 0 bridgehead atoms. The van der Waals surface area contributed by atoms with Crippen LogP contribution >= 0.6 is 0 Å². The van der Waals surface area contributed by atoms with Crippen molar-refractivity contribution in [2.45, 2.75) is 50.0 Å². The Bertz CT molecular complexity index is 417. The molecule has 1 aromatic carbocycles. The van der Waals surface area contributed by atoms with Gasteiger partial charge >= 0.3 is 0 Å². The van der Waals surface area contributed by atoms with E-state index in [1.54, 1.807) is 0 Å². The number of benzene rings is 1. The standard InChI is InChI=1S/C16H23NO/c1-12(17)16(8-9-16)15-5-3-2-4-14(15)13-6-10-18-11-7-13/h2-5,12-13H,6-11,17H2,1H3. The molecule has 18 heavy (non-hydrogen) atoms. The van der Waals surface area contributed by atoms with Crippen LogP contribution in [0.2, 0.25) is 0 Å². The Hall–Kier alpha value is -0.860. The van der Waals surface area contributed by atoms with E-state index < -0.39 is 0 Å². The molecule has 0 amide bonds. The Labute approximate surface area is 110 Å². The van der Waals surface area contributed by atoms with Crippen LogP contribution in [0.5, 0.6) is 0 Å². The molecular formula is C16H23NO. The minimum atomic E-state index is 0.262.